The first-order valence-corrected chi connectivity index (χ1v) is 17.4. The predicted molar refractivity (Wildman–Crippen MR) is 151 cm³/mol. The van der Waals surface area contributed by atoms with E-state index in [9.17, 15) is 24.3 Å². The number of rotatable bonds is 9. The van der Waals surface area contributed by atoms with E-state index in [4.69, 9.17) is 9.47 Å². The number of hydrogen-bond acceptors (Lipinski definition) is 7. The first-order chi connectivity index (χ1) is 18.6. The second-order valence-corrected chi connectivity index (χ2v) is 15.7. The van der Waals surface area contributed by atoms with E-state index in [2.05, 4.69) is 0 Å². The van der Waals surface area contributed by atoms with Gasteiger partial charge in [-0.3, -0.25) is 14.4 Å². The van der Waals surface area contributed by atoms with Gasteiger partial charge in [0.25, 0.3) is 5.91 Å². The van der Waals surface area contributed by atoms with Gasteiger partial charge >= 0.3 is 5.97 Å². The molecule has 1 aromatic rings. The first-order valence-electron chi connectivity index (χ1n) is 14.4. The number of aliphatic hydroxyl groups excluding tert-OH is 1. The highest BCUT2D eigenvalue weighted by atomic mass is 28.4. The minimum atomic E-state index is -2.79. The summed E-state index contributed by atoms with van der Waals surface area (Å²) in [7, 11) is -1.43. The molecule has 0 bridgehead atoms. The van der Waals surface area contributed by atoms with Gasteiger partial charge in [0, 0.05) is 55.2 Å². The van der Waals surface area contributed by atoms with Crippen LogP contribution >= 0.6 is 0 Å². The van der Waals surface area contributed by atoms with Gasteiger partial charge in [0.05, 0.1) is 18.9 Å². The van der Waals surface area contributed by atoms with E-state index in [1.807, 2.05) is 43.1 Å². The molecular weight excluding hydrogens is 516 g/mol. The van der Waals surface area contributed by atoms with Crippen molar-refractivity contribution in [3.8, 4) is 0 Å². The third kappa shape index (κ3) is 5.66. The number of nitrogens with zero attached hydrogens (tertiary/aromatic N) is 2. The number of hydrogen-bond donors (Lipinski definition) is 2. The number of esters is 1. The molecule has 10 heteroatoms. The van der Waals surface area contributed by atoms with Crippen LogP contribution < -0.4 is 9.80 Å². The fraction of sp³-hybridized carbons (Fsp3) is 0.690. The van der Waals surface area contributed by atoms with Crippen molar-refractivity contribution < 1.29 is 33.8 Å². The third-order valence-corrected chi connectivity index (χ3v) is 11.3. The number of carbonyl (C=O) groups is 3. The molecule has 1 spiro atoms. The Morgan fingerprint density at radius 2 is 1.92 bits per heavy atom. The summed E-state index contributed by atoms with van der Waals surface area (Å²) >= 11 is 0. The van der Waals surface area contributed by atoms with Gasteiger partial charge in [-0.05, 0) is 63.4 Å². The van der Waals surface area contributed by atoms with Crippen molar-refractivity contribution in [2.24, 2.45) is 5.92 Å². The lowest BCUT2D eigenvalue weighted by molar-refractivity contribution is -0.146. The van der Waals surface area contributed by atoms with Crippen LogP contribution in [-0.2, 0) is 29.5 Å². The lowest BCUT2D eigenvalue weighted by atomic mass is 9.82. The average molecular weight is 561 g/mol. The average Bonchev–Trinajstić information content (AvgIpc) is 3.30. The summed E-state index contributed by atoms with van der Waals surface area (Å²) in [6.07, 6.45) is 5.81. The number of aliphatic hydroxyl groups is 1. The fourth-order valence-corrected chi connectivity index (χ4v) is 9.53. The summed E-state index contributed by atoms with van der Waals surface area (Å²) in [4.78, 5) is 53.9. The van der Waals surface area contributed by atoms with Crippen LogP contribution in [0.4, 0.5) is 11.4 Å². The Kier molecular flexibility index (Phi) is 9.20. The molecule has 3 heterocycles. The molecule has 1 aromatic carbocycles. The Hall–Kier alpha value is -2.27. The van der Waals surface area contributed by atoms with Crippen molar-refractivity contribution in [1.82, 2.24) is 0 Å². The molecule has 3 aliphatic rings. The highest BCUT2D eigenvalue weighted by Gasteiger charge is 2.66. The molecule has 2 N–H and O–H groups in total. The maximum atomic E-state index is 14.4. The van der Waals surface area contributed by atoms with E-state index in [0.717, 1.165) is 42.6 Å². The molecule has 0 saturated carbocycles. The minimum absolute atomic E-state index is 0.0908. The van der Waals surface area contributed by atoms with E-state index >= 15 is 0 Å². The Labute approximate surface area is 232 Å². The molecule has 0 aliphatic carbocycles. The minimum Gasteiger partial charge on any atom is -0.469 e. The SMILES string of the molecule is COC(=O)CCCCN1C(=O)[C@]2(O[C@H](CCO)[C@@H]([Si](C)(C)O)[C@@H]2C)c2cc(N3CCCCCCC3=O)ccc21. The van der Waals surface area contributed by atoms with E-state index in [1.54, 1.807) is 4.90 Å². The maximum absolute atomic E-state index is 14.4. The van der Waals surface area contributed by atoms with Crippen LogP contribution in [0.1, 0.15) is 70.3 Å². The standard InChI is InChI=1S/C29H44N2O7Si/c1-20-27(39(3,4)36)24(15-18-32)38-29(20)22-19-21(30-16-9-6-5-7-11-25(30)33)13-14-23(22)31(28(29)35)17-10-8-12-26(34)37-2/h13-14,19-20,24,27,32,36H,5-12,15-18H2,1-4H3/t20-,24+,27-,29+/m0/s1. The number of benzene rings is 1. The molecule has 4 rings (SSSR count). The maximum Gasteiger partial charge on any atom is 0.305 e. The van der Waals surface area contributed by atoms with Crippen LogP contribution in [0.3, 0.4) is 0 Å². The van der Waals surface area contributed by atoms with E-state index in [1.165, 1.54) is 7.11 Å². The summed E-state index contributed by atoms with van der Waals surface area (Å²) in [5.41, 5.74) is 0.668. The molecular formula is C29H44N2O7Si. The van der Waals surface area contributed by atoms with Gasteiger partial charge in [0.15, 0.2) is 13.9 Å². The summed E-state index contributed by atoms with van der Waals surface area (Å²) in [6.45, 7) is 6.65. The molecule has 39 heavy (non-hydrogen) atoms. The van der Waals surface area contributed by atoms with E-state index in [-0.39, 0.29) is 42.3 Å². The molecule has 4 atom stereocenters. The molecule has 0 radical (unpaired) electrons. The number of anilines is 2. The Morgan fingerprint density at radius 3 is 2.62 bits per heavy atom. The fourth-order valence-electron chi connectivity index (χ4n) is 6.93. The van der Waals surface area contributed by atoms with Crippen LogP contribution in [0.2, 0.25) is 18.6 Å². The van der Waals surface area contributed by atoms with Crippen molar-refractivity contribution in [3.05, 3.63) is 23.8 Å². The zero-order chi connectivity index (χ0) is 28.4. The molecule has 3 aliphatic heterocycles. The van der Waals surface area contributed by atoms with Crippen LogP contribution in [-0.4, -0.2) is 68.9 Å². The van der Waals surface area contributed by atoms with E-state index in [0.29, 0.717) is 38.8 Å². The molecule has 9 nitrogen and oxygen atoms in total. The van der Waals surface area contributed by atoms with Crippen molar-refractivity contribution >= 4 is 37.5 Å². The molecule has 216 valence electrons. The van der Waals surface area contributed by atoms with Crippen molar-refractivity contribution in [2.45, 2.75) is 95.1 Å². The zero-order valence-electron chi connectivity index (χ0n) is 23.8. The lowest BCUT2D eigenvalue weighted by Crippen LogP contribution is -2.46. The molecule has 2 fully saturated rings. The number of fused-ring (bicyclic) bond motifs is 2. The monoisotopic (exact) mass is 560 g/mol. The van der Waals surface area contributed by atoms with Crippen molar-refractivity contribution in [1.29, 1.82) is 0 Å². The van der Waals surface area contributed by atoms with Crippen LogP contribution in [0.25, 0.3) is 0 Å². The summed E-state index contributed by atoms with van der Waals surface area (Å²) in [5, 5.41) is 9.82. The second kappa shape index (κ2) is 12.1. The highest BCUT2D eigenvalue weighted by Crippen LogP contribution is 2.60. The first kappa shape index (κ1) is 29.7. The molecule has 0 unspecified atom stereocenters. The molecule has 0 aromatic heterocycles. The van der Waals surface area contributed by atoms with Gasteiger partial charge in [-0.25, -0.2) is 0 Å². The normalized spacial score (nSPS) is 27.6. The Balaban J connectivity index is 1.75. The van der Waals surface area contributed by atoms with Crippen LogP contribution in [0, 0.1) is 5.92 Å². The number of unbranched alkanes of at least 4 members (excludes halogenated alkanes) is 1. The van der Waals surface area contributed by atoms with Crippen molar-refractivity contribution in [2.75, 3.05) is 36.6 Å². The summed E-state index contributed by atoms with van der Waals surface area (Å²) in [6, 6.07) is 5.77. The van der Waals surface area contributed by atoms with Crippen molar-refractivity contribution in [3.63, 3.8) is 0 Å². The third-order valence-electron chi connectivity index (χ3n) is 8.76. The lowest BCUT2D eigenvalue weighted by Gasteiger charge is -2.33. The van der Waals surface area contributed by atoms with Gasteiger partial charge in [0.1, 0.15) is 0 Å². The quantitative estimate of drug-likeness (QED) is 0.268. The van der Waals surface area contributed by atoms with Crippen LogP contribution in [0.5, 0.6) is 0 Å². The summed E-state index contributed by atoms with van der Waals surface area (Å²) in [5.74, 6) is -0.694. The summed E-state index contributed by atoms with van der Waals surface area (Å²) < 4.78 is 11.4. The topological polar surface area (TPSA) is 117 Å². The smallest absolute Gasteiger partial charge is 0.305 e. The number of methoxy groups -OCH3 is 1. The number of amides is 2. The van der Waals surface area contributed by atoms with Gasteiger partial charge < -0.3 is 29.2 Å². The molecule has 2 saturated heterocycles. The van der Waals surface area contributed by atoms with Crippen LogP contribution in [0.15, 0.2) is 18.2 Å². The molecule has 2 amide bonds. The zero-order valence-corrected chi connectivity index (χ0v) is 24.8. The Morgan fingerprint density at radius 1 is 1.18 bits per heavy atom. The second-order valence-electron chi connectivity index (χ2n) is 11.8. The highest BCUT2D eigenvalue weighted by molar-refractivity contribution is 6.71. The van der Waals surface area contributed by atoms with Gasteiger partial charge in [-0.2, -0.15) is 0 Å². The van der Waals surface area contributed by atoms with Gasteiger partial charge in [-0.1, -0.05) is 19.8 Å². The number of ether oxygens (including phenoxy) is 2. The predicted octanol–water partition coefficient (Wildman–Crippen LogP) is 3.85. The largest absolute Gasteiger partial charge is 0.469 e. The van der Waals surface area contributed by atoms with Gasteiger partial charge in [0.2, 0.25) is 5.91 Å². The van der Waals surface area contributed by atoms with Gasteiger partial charge in [-0.15, -0.1) is 0 Å². The Bertz CT molecular complexity index is 1070. The van der Waals surface area contributed by atoms with E-state index < -0.39 is 20.0 Å². The number of carbonyl (C=O) groups excluding carboxylic acids is 3.